The molecule has 0 aromatic rings. The Morgan fingerprint density at radius 3 is 2.69 bits per heavy atom. The van der Waals surface area contributed by atoms with Gasteiger partial charge in [0.2, 0.25) is 5.91 Å². The molecule has 1 atom stereocenters. The maximum Gasteiger partial charge on any atom is 0.330 e. The van der Waals surface area contributed by atoms with Gasteiger partial charge in [0, 0.05) is 18.8 Å². The zero-order valence-electron chi connectivity index (χ0n) is 10.1. The molecule has 1 fully saturated rings. The summed E-state index contributed by atoms with van der Waals surface area (Å²) in [5, 5.41) is 0. The van der Waals surface area contributed by atoms with Crippen molar-refractivity contribution in [3.63, 3.8) is 0 Å². The van der Waals surface area contributed by atoms with Gasteiger partial charge in [0.25, 0.3) is 0 Å². The maximum atomic E-state index is 12.2. The zero-order valence-corrected chi connectivity index (χ0v) is 10.1. The number of nitrogens with zero attached hydrogens (tertiary/aromatic N) is 2. The molecule has 0 spiro atoms. The smallest absolute Gasteiger partial charge is 0.300 e. The molecule has 4 nitrogen and oxygen atoms in total. The Hall–Kier alpha value is -1.32. The van der Waals surface area contributed by atoms with E-state index in [1.807, 2.05) is 19.9 Å². The number of carbonyl (C=O) groups is 2. The van der Waals surface area contributed by atoms with Gasteiger partial charge in [0.15, 0.2) is 0 Å². The highest BCUT2D eigenvalue weighted by Gasteiger charge is 2.42. The highest BCUT2D eigenvalue weighted by atomic mass is 16.2. The van der Waals surface area contributed by atoms with Crippen molar-refractivity contribution in [1.82, 2.24) is 9.80 Å². The monoisotopic (exact) mass is 222 g/mol. The number of imide groups is 1. The van der Waals surface area contributed by atoms with E-state index in [1.54, 1.807) is 11.9 Å². The summed E-state index contributed by atoms with van der Waals surface area (Å²) in [6.45, 7) is 3.75. The molecule has 16 heavy (non-hydrogen) atoms. The molecule has 0 aromatic carbocycles. The molecular weight excluding hydrogens is 204 g/mol. The molecule has 0 bridgehead atoms. The van der Waals surface area contributed by atoms with Crippen LogP contribution in [0.4, 0.5) is 4.79 Å². The van der Waals surface area contributed by atoms with Gasteiger partial charge in [-0.1, -0.05) is 6.08 Å². The van der Waals surface area contributed by atoms with Crippen LogP contribution in [0.1, 0.15) is 33.1 Å². The van der Waals surface area contributed by atoms with E-state index in [9.17, 15) is 9.59 Å². The number of rotatable bonds is 1. The highest BCUT2D eigenvalue weighted by molar-refractivity contribution is 6.01. The van der Waals surface area contributed by atoms with Gasteiger partial charge in [-0.2, -0.15) is 0 Å². The van der Waals surface area contributed by atoms with Crippen molar-refractivity contribution in [3.8, 4) is 0 Å². The number of fused-ring (bicyclic) bond motifs is 1. The normalized spacial score (nSPS) is 26.0. The summed E-state index contributed by atoms with van der Waals surface area (Å²) < 4.78 is 0. The van der Waals surface area contributed by atoms with Gasteiger partial charge in [-0.3, -0.25) is 9.69 Å². The average Bonchev–Trinajstić information content (AvgIpc) is 2.26. The minimum atomic E-state index is -0.190. The van der Waals surface area contributed by atoms with E-state index in [0.717, 1.165) is 25.0 Å². The number of carbonyl (C=O) groups excluding carboxylic acids is 2. The van der Waals surface area contributed by atoms with Gasteiger partial charge in [0.1, 0.15) is 0 Å². The quantitative estimate of drug-likeness (QED) is 0.680. The van der Waals surface area contributed by atoms with E-state index < -0.39 is 0 Å². The Morgan fingerprint density at radius 2 is 2.06 bits per heavy atom. The third kappa shape index (κ3) is 1.52. The molecule has 0 saturated carbocycles. The molecule has 1 aliphatic heterocycles. The third-order valence-electron chi connectivity index (χ3n) is 3.34. The van der Waals surface area contributed by atoms with Crippen molar-refractivity contribution in [3.05, 3.63) is 11.8 Å². The van der Waals surface area contributed by atoms with Crippen LogP contribution in [0, 0.1) is 5.92 Å². The fraction of sp³-hybridized carbons (Fsp3) is 0.667. The number of hydrogen-bond acceptors (Lipinski definition) is 2. The topological polar surface area (TPSA) is 40.6 Å². The van der Waals surface area contributed by atoms with Crippen LogP contribution in [0.3, 0.4) is 0 Å². The molecule has 1 heterocycles. The Bertz CT molecular complexity index is 360. The van der Waals surface area contributed by atoms with Gasteiger partial charge >= 0.3 is 6.03 Å². The first kappa shape index (κ1) is 11.2. The minimum Gasteiger partial charge on any atom is -0.300 e. The van der Waals surface area contributed by atoms with Crippen LogP contribution in [-0.4, -0.2) is 34.8 Å². The molecule has 1 unspecified atom stereocenters. The van der Waals surface area contributed by atoms with Crippen molar-refractivity contribution >= 4 is 11.9 Å². The summed E-state index contributed by atoms with van der Waals surface area (Å²) in [6, 6.07) is -0.254. The SMILES string of the molecule is CC(C)N1C(=O)C2CCCC=C2N(C)C1=O. The van der Waals surface area contributed by atoms with Crippen LogP contribution < -0.4 is 0 Å². The molecule has 2 rings (SSSR count). The minimum absolute atomic E-state index is 0.0240. The molecule has 1 aliphatic carbocycles. The van der Waals surface area contributed by atoms with E-state index in [-0.39, 0.29) is 23.9 Å². The molecule has 88 valence electrons. The van der Waals surface area contributed by atoms with Crippen LogP contribution in [0.5, 0.6) is 0 Å². The van der Waals surface area contributed by atoms with Gasteiger partial charge < -0.3 is 4.90 Å². The lowest BCUT2D eigenvalue weighted by Crippen LogP contribution is -2.56. The van der Waals surface area contributed by atoms with Gasteiger partial charge in [0.05, 0.1) is 5.92 Å². The second-order valence-electron chi connectivity index (χ2n) is 4.76. The van der Waals surface area contributed by atoms with Gasteiger partial charge in [-0.25, -0.2) is 4.79 Å². The van der Waals surface area contributed by atoms with E-state index in [1.165, 1.54) is 4.90 Å². The largest absolute Gasteiger partial charge is 0.330 e. The molecule has 0 aromatic heterocycles. The van der Waals surface area contributed by atoms with Gasteiger partial charge in [-0.15, -0.1) is 0 Å². The summed E-state index contributed by atoms with van der Waals surface area (Å²) in [7, 11) is 1.76. The average molecular weight is 222 g/mol. The zero-order chi connectivity index (χ0) is 11.9. The van der Waals surface area contributed by atoms with Gasteiger partial charge in [-0.05, 0) is 33.1 Å². The number of hydrogen-bond donors (Lipinski definition) is 0. The van der Waals surface area contributed by atoms with E-state index in [4.69, 9.17) is 0 Å². The van der Waals surface area contributed by atoms with Crippen molar-refractivity contribution < 1.29 is 9.59 Å². The highest BCUT2D eigenvalue weighted by Crippen LogP contribution is 2.33. The van der Waals surface area contributed by atoms with Crippen molar-refractivity contribution in [2.45, 2.75) is 39.2 Å². The van der Waals surface area contributed by atoms with E-state index in [2.05, 4.69) is 0 Å². The number of allylic oxidation sites excluding steroid dienone is 1. The predicted molar refractivity (Wildman–Crippen MR) is 60.6 cm³/mol. The first-order chi connectivity index (χ1) is 7.54. The Labute approximate surface area is 95.9 Å². The van der Waals surface area contributed by atoms with Crippen molar-refractivity contribution in [2.75, 3.05) is 7.05 Å². The fourth-order valence-electron chi connectivity index (χ4n) is 2.49. The fourth-order valence-corrected chi connectivity index (χ4v) is 2.49. The molecule has 2 aliphatic rings. The summed E-state index contributed by atoms with van der Waals surface area (Å²) >= 11 is 0. The lowest BCUT2D eigenvalue weighted by Gasteiger charge is -2.41. The first-order valence-corrected chi connectivity index (χ1v) is 5.85. The van der Waals surface area contributed by atoms with E-state index >= 15 is 0 Å². The van der Waals surface area contributed by atoms with Crippen LogP contribution in [0.15, 0.2) is 11.8 Å². The van der Waals surface area contributed by atoms with Crippen LogP contribution in [0.25, 0.3) is 0 Å². The standard InChI is InChI=1S/C12H18N2O2/c1-8(2)14-11(15)9-6-4-5-7-10(9)13(3)12(14)16/h7-9H,4-6H2,1-3H3. The van der Waals surface area contributed by atoms with Crippen molar-refractivity contribution in [1.29, 1.82) is 0 Å². The molecule has 0 radical (unpaired) electrons. The molecule has 4 heteroatoms. The number of urea groups is 1. The summed E-state index contributed by atoms with van der Waals surface area (Å²) in [5.41, 5.74) is 0.901. The number of amides is 3. The summed E-state index contributed by atoms with van der Waals surface area (Å²) in [4.78, 5) is 27.2. The second kappa shape index (κ2) is 3.92. The van der Waals surface area contributed by atoms with Crippen LogP contribution in [-0.2, 0) is 4.79 Å². The lowest BCUT2D eigenvalue weighted by atomic mass is 9.88. The molecule has 0 N–H and O–H groups in total. The first-order valence-electron chi connectivity index (χ1n) is 5.85. The Kier molecular flexibility index (Phi) is 2.74. The maximum absolute atomic E-state index is 12.2. The molecule has 1 saturated heterocycles. The lowest BCUT2D eigenvalue weighted by molar-refractivity contribution is -0.135. The third-order valence-corrected chi connectivity index (χ3v) is 3.34. The van der Waals surface area contributed by atoms with Crippen LogP contribution >= 0.6 is 0 Å². The second-order valence-corrected chi connectivity index (χ2v) is 4.76. The van der Waals surface area contributed by atoms with Crippen LogP contribution in [0.2, 0.25) is 0 Å². The van der Waals surface area contributed by atoms with Crippen molar-refractivity contribution in [2.24, 2.45) is 5.92 Å². The Morgan fingerprint density at radius 1 is 1.38 bits per heavy atom. The Balaban J connectivity index is 2.37. The predicted octanol–water partition coefficient (Wildman–Crippen LogP) is 1.97. The summed E-state index contributed by atoms with van der Waals surface area (Å²) in [5.74, 6) is -0.122. The molecule has 3 amide bonds. The van der Waals surface area contributed by atoms with E-state index in [0.29, 0.717) is 0 Å². The molecular formula is C12H18N2O2. The summed E-state index contributed by atoms with van der Waals surface area (Å²) in [6.07, 6.45) is 4.90.